The number of anilines is 2. The van der Waals surface area contributed by atoms with Crippen molar-refractivity contribution in [1.29, 1.82) is 0 Å². The van der Waals surface area contributed by atoms with E-state index in [1.165, 1.54) is 0 Å². The molecule has 0 saturated carbocycles. The lowest BCUT2D eigenvalue weighted by Gasteiger charge is -2.31. The molecule has 0 spiro atoms. The highest BCUT2D eigenvalue weighted by Crippen LogP contribution is 2.25. The molecule has 8 nitrogen and oxygen atoms in total. The minimum Gasteiger partial charge on any atom is -0.338 e. The van der Waals surface area contributed by atoms with Crippen LogP contribution in [0.2, 0.25) is 0 Å². The Bertz CT molecular complexity index is 824. The van der Waals surface area contributed by atoms with Crippen LogP contribution >= 0.6 is 0 Å². The number of carbonyl (C=O) groups excluding carboxylic acids is 2. The first kappa shape index (κ1) is 21.8. The number of hydrogen-bond acceptors (Lipinski definition) is 4. The monoisotopic (exact) mass is 412 g/mol. The van der Waals surface area contributed by atoms with Crippen molar-refractivity contribution >= 4 is 23.4 Å². The standard InChI is InChI=1S/C22H32N6O2/c1-3-12-23-22(30)25-18-7-5-17(6-8-18)16-21(29)26-20-9-13-24-28(20)19-10-14-27(4-2)15-11-19/h5-9,13,19H,3-4,10-12,14-16H2,1-2H3,(H,26,29)(H2,23,25,30). The van der Waals surface area contributed by atoms with Crippen LogP contribution in [0.25, 0.3) is 0 Å². The van der Waals surface area contributed by atoms with E-state index < -0.39 is 0 Å². The van der Waals surface area contributed by atoms with Crippen molar-refractivity contribution in [2.45, 2.75) is 45.6 Å². The topological polar surface area (TPSA) is 91.3 Å². The van der Waals surface area contributed by atoms with Crippen molar-refractivity contribution < 1.29 is 9.59 Å². The highest BCUT2D eigenvalue weighted by Gasteiger charge is 2.22. The largest absolute Gasteiger partial charge is 0.338 e. The number of aromatic nitrogens is 2. The van der Waals surface area contributed by atoms with Gasteiger partial charge < -0.3 is 20.9 Å². The van der Waals surface area contributed by atoms with Crippen LogP contribution in [0.5, 0.6) is 0 Å². The Balaban J connectivity index is 1.52. The third-order valence-electron chi connectivity index (χ3n) is 5.40. The first-order valence-electron chi connectivity index (χ1n) is 10.8. The van der Waals surface area contributed by atoms with E-state index in [9.17, 15) is 9.59 Å². The molecule has 3 amide bonds. The second-order valence-electron chi connectivity index (χ2n) is 7.63. The molecule has 1 fully saturated rings. The lowest BCUT2D eigenvalue weighted by Crippen LogP contribution is -2.35. The summed E-state index contributed by atoms with van der Waals surface area (Å²) in [7, 11) is 0. The lowest BCUT2D eigenvalue weighted by molar-refractivity contribution is -0.115. The summed E-state index contributed by atoms with van der Waals surface area (Å²) in [6.07, 6.45) is 4.98. The summed E-state index contributed by atoms with van der Waals surface area (Å²) in [5, 5.41) is 13.0. The second kappa shape index (κ2) is 10.8. The van der Waals surface area contributed by atoms with Gasteiger partial charge in [-0.05, 0) is 43.5 Å². The van der Waals surface area contributed by atoms with Crippen LogP contribution in [0, 0.1) is 0 Å². The Morgan fingerprint density at radius 3 is 2.47 bits per heavy atom. The number of piperidine rings is 1. The van der Waals surface area contributed by atoms with E-state index in [0.717, 1.165) is 50.3 Å². The van der Waals surface area contributed by atoms with Gasteiger partial charge >= 0.3 is 6.03 Å². The summed E-state index contributed by atoms with van der Waals surface area (Å²) in [4.78, 5) is 26.7. The molecule has 2 heterocycles. The molecule has 0 atom stereocenters. The van der Waals surface area contributed by atoms with Crippen LogP contribution < -0.4 is 16.0 Å². The fraction of sp³-hybridized carbons (Fsp3) is 0.500. The van der Waals surface area contributed by atoms with Crippen LogP contribution in [0.1, 0.15) is 44.7 Å². The number of nitrogens with one attached hydrogen (secondary N) is 3. The average Bonchev–Trinajstić information content (AvgIpc) is 3.21. The van der Waals surface area contributed by atoms with E-state index in [4.69, 9.17) is 0 Å². The Morgan fingerprint density at radius 2 is 1.80 bits per heavy atom. The Kier molecular flexibility index (Phi) is 7.84. The maximum atomic E-state index is 12.6. The van der Waals surface area contributed by atoms with Gasteiger partial charge in [-0.3, -0.25) is 4.79 Å². The van der Waals surface area contributed by atoms with E-state index in [2.05, 4.69) is 32.9 Å². The number of amides is 3. The molecule has 1 aliphatic rings. The van der Waals surface area contributed by atoms with Gasteiger partial charge in [0.2, 0.25) is 5.91 Å². The molecular formula is C22H32N6O2. The highest BCUT2D eigenvalue weighted by molar-refractivity contribution is 5.92. The number of benzene rings is 1. The Labute approximate surface area is 178 Å². The minimum absolute atomic E-state index is 0.0795. The zero-order chi connectivity index (χ0) is 21.3. The summed E-state index contributed by atoms with van der Waals surface area (Å²) >= 11 is 0. The first-order valence-corrected chi connectivity index (χ1v) is 10.8. The summed E-state index contributed by atoms with van der Waals surface area (Å²) < 4.78 is 1.95. The normalized spacial score (nSPS) is 15.0. The number of carbonyl (C=O) groups is 2. The van der Waals surface area contributed by atoms with Gasteiger partial charge in [-0.2, -0.15) is 5.10 Å². The van der Waals surface area contributed by atoms with Gasteiger partial charge in [0.05, 0.1) is 18.7 Å². The third kappa shape index (κ3) is 6.06. The molecule has 3 rings (SSSR count). The van der Waals surface area contributed by atoms with E-state index >= 15 is 0 Å². The zero-order valence-corrected chi connectivity index (χ0v) is 17.9. The van der Waals surface area contributed by atoms with E-state index in [1.807, 2.05) is 29.8 Å². The van der Waals surface area contributed by atoms with E-state index in [-0.39, 0.29) is 18.4 Å². The van der Waals surface area contributed by atoms with Gasteiger partial charge in [-0.15, -0.1) is 0 Å². The molecule has 8 heteroatoms. The first-order chi connectivity index (χ1) is 14.6. The van der Waals surface area contributed by atoms with Crippen LogP contribution in [0.4, 0.5) is 16.3 Å². The van der Waals surface area contributed by atoms with Crippen molar-refractivity contribution in [1.82, 2.24) is 20.0 Å². The van der Waals surface area contributed by atoms with Crippen LogP contribution in [-0.2, 0) is 11.2 Å². The maximum Gasteiger partial charge on any atom is 0.319 e. The van der Waals surface area contributed by atoms with Crippen molar-refractivity contribution in [3.05, 3.63) is 42.1 Å². The predicted octanol–water partition coefficient (Wildman–Crippen LogP) is 3.25. The summed E-state index contributed by atoms with van der Waals surface area (Å²) in [5.41, 5.74) is 1.58. The van der Waals surface area contributed by atoms with Crippen LogP contribution in [0.15, 0.2) is 36.5 Å². The fourth-order valence-corrected chi connectivity index (χ4v) is 3.68. The van der Waals surface area contributed by atoms with Gasteiger partial charge in [-0.25, -0.2) is 9.48 Å². The van der Waals surface area contributed by atoms with Gasteiger partial charge in [0.15, 0.2) is 0 Å². The minimum atomic E-state index is -0.222. The summed E-state index contributed by atoms with van der Waals surface area (Å²) in [6, 6.07) is 9.27. The molecule has 0 aliphatic carbocycles. The number of likely N-dealkylation sites (tertiary alicyclic amines) is 1. The highest BCUT2D eigenvalue weighted by atomic mass is 16.2. The van der Waals surface area contributed by atoms with Crippen molar-refractivity contribution in [2.24, 2.45) is 0 Å². The van der Waals surface area contributed by atoms with Gasteiger partial charge in [0.25, 0.3) is 0 Å². The summed E-state index contributed by atoms with van der Waals surface area (Å²) in [5.74, 6) is 0.671. The average molecular weight is 413 g/mol. The molecule has 0 unspecified atom stereocenters. The van der Waals surface area contributed by atoms with Crippen molar-refractivity contribution in [3.63, 3.8) is 0 Å². The molecule has 3 N–H and O–H groups in total. The molecule has 1 aliphatic heterocycles. The van der Waals surface area contributed by atoms with Crippen molar-refractivity contribution in [3.8, 4) is 0 Å². The lowest BCUT2D eigenvalue weighted by atomic mass is 10.1. The molecule has 1 aromatic carbocycles. The molecule has 2 aromatic rings. The molecule has 162 valence electrons. The second-order valence-corrected chi connectivity index (χ2v) is 7.63. The molecule has 1 saturated heterocycles. The Hall–Kier alpha value is -2.87. The fourth-order valence-electron chi connectivity index (χ4n) is 3.68. The number of rotatable bonds is 8. The molecule has 1 aromatic heterocycles. The third-order valence-corrected chi connectivity index (χ3v) is 5.40. The number of hydrogen-bond donors (Lipinski definition) is 3. The molecule has 0 bridgehead atoms. The summed E-state index contributed by atoms with van der Waals surface area (Å²) in [6.45, 7) is 8.02. The SMILES string of the molecule is CCCNC(=O)Nc1ccc(CC(=O)Nc2ccnn2C2CCN(CC)CC2)cc1. The molecular weight excluding hydrogens is 380 g/mol. The quantitative estimate of drug-likeness (QED) is 0.621. The van der Waals surface area contributed by atoms with Gasteiger partial charge in [-0.1, -0.05) is 26.0 Å². The Morgan fingerprint density at radius 1 is 1.07 bits per heavy atom. The van der Waals surface area contributed by atoms with Crippen molar-refractivity contribution in [2.75, 3.05) is 36.8 Å². The zero-order valence-electron chi connectivity index (χ0n) is 17.9. The van der Waals surface area contributed by atoms with E-state index in [0.29, 0.717) is 18.3 Å². The molecule has 0 radical (unpaired) electrons. The maximum absolute atomic E-state index is 12.6. The number of urea groups is 1. The molecule has 30 heavy (non-hydrogen) atoms. The predicted molar refractivity (Wildman–Crippen MR) is 119 cm³/mol. The van der Waals surface area contributed by atoms with Gasteiger partial charge in [0, 0.05) is 31.4 Å². The van der Waals surface area contributed by atoms with Crippen LogP contribution in [-0.4, -0.2) is 52.8 Å². The smallest absolute Gasteiger partial charge is 0.319 e. The van der Waals surface area contributed by atoms with E-state index in [1.54, 1.807) is 18.3 Å². The van der Waals surface area contributed by atoms with Gasteiger partial charge in [0.1, 0.15) is 5.82 Å². The number of nitrogens with zero attached hydrogens (tertiary/aromatic N) is 3. The van der Waals surface area contributed by atoms with Crippen LogP contribution in [0.3, 0.4) is 0 Å².